The van der Waals surface area contributed by atoms with Crippen molar-refractivity contribution in [2.24, 2.45) is 5.41 Å². The van der Waals surface area contributed by atoms with E-state index >= 15 is 0 Å². The molecule has 0 amide bonds. The van der Waals surface area contributed by atoms with Gasteiger partial charge in [-0.2, -0.15) is 0 Å². The molecule has 0 aromatic heterocycles. The maximum Gasteiger partial charge on any atom is 0.136 e. The molecular weight excluding hydrogens is 186 g/mol. The average molecular weight is 208 g/mol. The molecule has 15 heavy (non-hydrogen) atoms. The summed E-state index contributed by atoms with van der Waals surface area (Å²) in [5.74, 6) is 2.68. The van der Waals surface area contributed by atoms with Gasteiger partial charge in [0, 0.05) is 6.42 Å². The van der Waals surface area contributed by atoms with E-state index in [0.717, 1.165) is 19.3 Å². The van der Waals surface area contributed by atoms with E-state index in [4.69, 9.17) is 6.42 Å². The highest BCUT2D eigenvalue weighted by Gasteiger charge is 2.57. The number of aliphatic hydroxyl groups is 1. The molecule has 0 spiro atoms. The van der Waals surface area contributed by atoms with E-state index in [-0.39, 0.29) is 5.41 Å². The lowest BCUT2D eigenvalue weighted by atomic mass is 9.58. The van der Waals surface area contributed by atoms with Crippen molar-refractivity contribution >= 4 is 0 Å². The third kappa shape index (κ3) is 1.41. The quantitative estimate of drug-likeness (QED) is 0.547. The van der Waals surface area contributed by atoms with Gasteiger partial charge in [0.25, 0.3) is 0 Å². The van der Waals surface area contributed by atoms with Gasteiger partial charge in [-0.15, -0.1) is 6.42 Å². The lowest BCUT2D eigenvalue weighted by molar-refractivity contribution is -0.923. The van der Waals surface area contributed by atoms with Crippen molar-refractivity contribution in [2.75, 3.05) is 13.6 Å². The first-order valence-electron chi connectivity index (χ1n) is 6.06. The number of nitrogens with one attached hydrogen (secondary N) is 1. The van der Waals surface area contributed by atoms with Crippen molar-refractivity contribution in [1.82, 2.24) is 0 Å². The summed E-state index contributed by atoms with van der Waals surface area (Å²) in [5.41, 5.74) is -0.931. The van der Waals surface area contributed by atoms with E-state index in [1.165, 1.54) is 19.4 Å². The SMILES string of the molecule is C#C[C@@]1(O)CCCC2[NH+](C)CCC[C@@]21C. The largest absolute Gasteiger partial charge is 0.377 e. The zero-order valence-electron chi connectivity index (χ0n) is 9.84. The molecule has 2 rings (SSSR count). The standard InChI is InChI=1S/C13H21NO/c1-4-13(15)9-5-7-11-12(13,2)8-6-10-14(11)3/h1,11,15H,5-10H2,2-3H3/p+1/t11?,12-,13+/m0/s1. The summed E-state index contributed by atoms with van der Waals surface area (Å²) >= 11 is 0. The van der Waals surface area contributed by atoms with Gasteiger partial charge in [-0.1, -0.05) is 12.8 Å². The molecule has 2 fully saturated rings. The van der Waals surface area contributed by atoms with Crippen molar-refractivity contribution in [3.05, 3.63) is 0 Å². The molecule has 1 aliphatic carbocycles. The van der Waals surface area contributed by atoms with Crippen LogP contribution in [0.5, 0.6) is 0 Å². The Balaban J connectivity index is 2.35. The zero-order chi connectivity index (χ0) is 11.1. The summed E-state index contributed by atoms with van der Waals surface area (Å²) in [5, 5.41) is 10.6. The van der Waals surface area contributed by atoms with Gasteiger partial charge in [0.2, 0.25) is 0 Å². The lowest BCUT2D eigenvalue weighted by Gasteiger charge is -2.53. The number of terminal acetylenes is 1. The highest BCUT2D eigenvalue weighted by molar-refractivity contribution is 5.19. The first-order chi connectivity index (χ1) is 7.03. The van der Waals surface area contributed by atoms with E-state index in [0.29, 0.717) is 6.04 Å². The average Bonchev–Trinajstić information content (AvgIpc) is 2.21. The topological polar surface area (TPSA) is 24.7 Å². The second-order valence-electron chi connectivity index (χ2n) is 5.57. The lowest BCUT2D eigenvalue weighted by Crippen LogP contribution is -3.16. The molecule has 4 atom stereocenters. The number of rotatable bonds is 0. The van der Waals surface area contributed by atoms with E-state index in [9.17, 15) is 5.11 Å². The number of likely N-dealkylation sites (tertiary alicyclic amines) is 1. The van der Waals surface area contributed by atoms with Gasteiger partial charge < -0.3 is 10.0 Å². The van der Waals surface area contributed by atoms with Crippen molar-refractivity contribution in [1.29, 1.82) is 0 Å². The van der Waals surface area contributed by atoms with Gasteiger partial charge in [0.15, 0.2) is 0 Å². The van der Waals surface area contributed by atoms with E-state index < -0.39 is 5.60 Å². The van der Waals surface area contributed by atoms with Crippen LogP contribution in [0.2, 0.25) is 0 Å². The van der Waals surface area contributed by atoms with Crippen molar-refractivity contribution in [2.45, 2.75) is 50.7 Å². The molecule has 0 radical (unpaired) electrons. The fraction of sp³-hybridized carbons (Fsp3) is 0.846. The van der Waals surface area contributed by atoms with Gasteiger partial charge in [-0.3, -0.25) is 0 Å². The molecular formula is C13H22NO+. The molecule has 0 aromatic carbocycles. The Bertz CT molecular complexity index is 295. The van der Waals surface area contributed by atoms with E-state index in [1.54, 1.807) is 4.90 Å². The predicted molar refractivity (Wildman–Crippen MR) is 60.5 cm³/mol. The smallest absolute Gasteiger partial charge is 0.136 e. The first-order valence-corrected chi connectivity index (χ1v) is 6.06. The van der Waals surface area contributed by atoms with E-state index in [2.05, 4.69) is 19.9 Å². The van der Waals surface area contributed by atoms with Crippen LogP contribution in [0.25, 0.3) is 0 Å². The molecule has 1 saturated heterocycles. The number of hydrogen-bond donors (Lipinski definition) is 2. The maximum absolute atomic E-state index is 10.6. The molecule has 1 aliphatic heterocycles. The van der Waals surface area contributed by atoms with Crippen molar-refractivity contribution in [3.8, 4) is 12.3 Å². The van der Waals surface area contributed by atoms with E-state index in [1.807, 2.05) is 0 Å². The summed E-state index contributed by atoms with van der Waals surface area (Å²) < 4.78 is 0. The van der Waals surface area contributed by atoms with Crippen LogP contribution in [0.4, 0.5) is 0 Å². The number of hydrogen-bond acceptors (Lipinski definition) is 1. The summed E-state index contributed by atoms with van der Waals surface area (Å²) in [6.07, 6.45) is 10.9. The molecule has 2 unspecified atom stereocenters. The van der Waals surface area contributed by atoms with Crippen LogP contribution in [0.3, 0.4) is 0 Å². The van der Waals surface area contributed by atoms with Crippen LogP contribution in [0.1, 0.15) is 39.0 Å². The minimum atomic E-state index is -0.863. The number of fused-ring (bicyclic) bond motifs is 1. The summed E-state index contributed by atoms with van der Waals surface area (Å²) in [7, 11) is 2.24. The predicted octanol–water partition coefficient (Wildman–Crippen LogP) is 0.218. The fourth-order valence-electron chi connectivity index (χ4n) is 3.77. The van der Waals surface area contributed by atoms with Gasteiger partial charge in [-0.05, 0) is 25.7 Å². The Morgan fingerprint density at radius 3 is 2.80 bits per heavy atom. The number of piperidine rings is 1. The van der Waals surface area contributed by atoms with Crippen LogP contribution in [-0.2, 0) is 0 Å². The third-order valence-corrected chi connectivity index (χ3v) is 4.85. The minimum absolute atomic E-state index is 0.0671. The molecule has 0 bridgehead atoms. The van der Waals surface area contributed by atoms with Crippen molar-refractivity contribution in [3.63, 3.8) is 0 Å². The molecule has 2 nitrogen and oxygen atoms in total. The monoisotopic (exact) mass is 208 g/mol. The van der Waals surface area contributed by atoms with Gasteiger partial charge >= 0.3 is 0 Å². The first kappa shape index (κ1) is 11.0. The normalized spacial score (nSPS) is 50.5. The summed E-state index contributed by atoms with van der Waals surface area (Å²) in [4.78, 5) is 1.55. The molecule has 1 saturated carbocycles. The Labute approximate surface area is 92.7 Å². The second kappa shape index (κ2) is 3.50. The molecule has 84 valence electrons. The molecule has 2 N–H and O–H groups in total. The third-order valence-electron chi connectivity index (χ3n) is 4.85. The van der Waals surface area contributed by atoms with Crippen molar-refractivity contribution < 1.29 is 10.0 Å². The Morgan fingerprint density at radius 1 is 1.40 bits per heavy atom. The fourth-order valence-corrected chi connectivity index (χ4v) is 3.77. The van der Waals surface area contributed by atoms with Crippen LogP contribution in [0, 0.1) is 17.8 Å². The van der Waals surface area contributed by atoms with Crippen LogP contribution in [-0.4, -0.2) is 30.3 Å². The van der Waals surface area contributed by atoms with Gasteiger partial charge in [0.1, 0.15) is 5.60 Å². The Hall–Kier alpha value is -0.520. The number of quaternary nitrogens is 1. The molecule has 0 aromatic rings. The van der Waals surface area contributed by atoms with Crippen LogP contribution < -0.4 is 4.90 Å². The molecule has 2 aliphatic rings. The minimum Gasteiger partial charge on any atom is -0.377 e. The highest BCUT2D eigenvalue weighted by atomic mass is 16.3. The van der Waals surface area contributed by atoms with Gasteiger partial charge in [-0.25, -0.2) is 0 Å². The summed E-state index contributed by atoms with van der Waals surface area (Å²) in [6, 6.07) is 0.543. The second-order valence-corrected chi connectivity index (χ2v) is 5.57. The van der Waals surface area contributed by atoms with Crippen LogP contribution >= 0.6 is 0 Å². The molecule has 1 heterocycles. The molecule has 2 heteroatoms. The zero-order valence-corrected chi connectivity index (χ0v) is 9.84. The Kier molecular flexibility index (Phi) is 2.56. The highest BCUT2D eigenvalue weighted by Crippen LogP contribution is 2.47. The maximum atomic E-state index is 10.6. The Morgan fingerprint density at radius 2 is 2.13 bits per heavy atom. The van der Waals surface area contributed by atoms with Gasteiger partial charge in [0.05, 0.1) is 25.0 Å². The summed E-state index contributed by atoms with van der Waals surface area (Å²) in [6.45, 7) is 3.42. The van der Waals surface area contributed by atoms with Crippen LogP contribution in [0.15, 0.2) is 0 Å².